The second-order valence-corrected chi connectivity index (χ2v) is 12.7. The van der Waals surface area contributed by atoms with E-state index in [4.69, 9.17) is 46.3 Å². The van der Waals surface area contributed by atoms with Crippen LogP contribution in [0, 0.1) is 30.0 Å². The maximum absolute atomic E-state index is 14.3. The number of halogens is 4. The molecule has 0 aliphatic heterocycles. The standard InChI is InChI=1S/C35H29F4N7O5.C7H12O3/c36-24-15-23(16-25(48)17-24)31-30-32(40)41-20-42-33(30)46(44-31)19-28-43-27-9-3-6-21(7-4-11-50-13-14-51-12-10-47)29(27)34(49)45(28)18-22-5-1-2-8-26(22)35(37,38)39;1-2-4-9-6-7-10-5-3-8/h1-3,5-6,8-9,15-17,20,47-48H,10-14,18-19H2,(H2,40,41,42);1,8H,3-7H2. The largest absolute Gasteiger partial charge is 0.508 e. The molecule has 320 valence electrons. The molecule has 5 N–H and O–H groups in total. The van der Waals surface area contributed by atoms with Gasteiger partial charge in [0.1, 0.15) is 55.0 Å². The Morgan fingerprint density at radius 1 is 0.836 bits per heavy atom. The van der Waals surface area contributed by atoms with Gasteiger partial charge in [0, 0.05) is 17.2 Å². The second-order valence-electron chi connectivity index (χ2n) is 12.7. The van der Waals surface area contributed by atoms with Crippen molar-refractivity contribution < 1.29 is 51.8 Å². The third-order valence-corrected chi connectivity index (χ3v) is 8.52. The number of phenols is 1. The van der Waals surface area contributed by atoms with Gasteiger partial charge in [0.15, 0.2) is 5.65 Å². The van der Waals surface area contributed by atoms with Crippen LogP contribution in [0.4, 0.5) is 23.4 Å². The van der Waals surface area contributed by atoms with Crippen molar-refractivity contribution in [3.05, 3.63) is 106 Å². The molecule has 3 heterocycles. The van der Waals surface area contributed by atoms with Gasteiger partial charge in [0.05, 0.1) is 81.3 Å². The molecule has 0 aliphatic carbocycles. The van der Waals surface area contributed by atoms with E-state index in [1.807, 2.05) is 0 Å². The number of terminal acetylenes is 1. The van der Waals surface area contributed by atoms with Crippen LogP contribution in [0.5, 0.6) is 5.75 Å². The highest BCUT2D eigenvalue weighted by Gasteiger charge is 2.33. The minimum Gasteiger partial charge on any atom is -0.508 e. The third kappa shape index (κ3) is 12.3. The molecule has 0 unspecified atom stereocenters. The first-order valence-electron chi connectivity index (χ1n) is 18.6. The molecular weight excluding hydrogens is 806 g/mol. The Hall–Kier alpha value is -6.45. The van der Waals surface area contributed by atoms with E-state index in [1.165, 1.54) is 35.3 Å². The number of aliphatic hydroxyl groups excluding tert-OH is 2. The van der Waals surface area contributed by atoms with E-state index >= 15 is 0 Å². The second kappa shape index (κ2) is 22.2. The predicted octanol–water partition coefficient (Wildman–Crippen LogP) is 3.77. The maximum Gasteiger partial charge on any atom is 0.416 e. The minimum atomic E-state index is -4.71. The van der Waals surface area contributed by atoms with Crippen molar-refractivity contribution in [2.45, 2.75) is 19.3 Å². The molecule has 0 aliphatic rings. The minimum absolute atomic E-state index is 0.000314. The molecular formula is C42H41F4N7O8. The number of rotatable bonds is 17. The molecule has 0 saturated carbocycles. The zero-order chi connectivity index (χ0) is 43.8. The summed E-state index contributed by atoms with van der Waals surface area (Å²) in [5.74, 6) is 6.97. The molecule has 61 heavy (non-hydrogen) atoms. The van der Waals surface area contributed by atoms with Crippen molar-refractivity contribution >= 4 is 27.8 Å². The lowest BCUT2D eigenvalue weighted by Gasteiger charge is -2.17. The summed E-state index contributed by atoms with van der Waals surface area (Å²) in [6, 6.07) is 13.1. The first-order chi connectivity index (χ1) is 29.5. The van der Waals surface area contributed by atoms with Crippen LogP contribution in [0.3, 0.4) is 0 Å². The summed E-state index contributed by atoms with van der Waals surface area (Å²) in [5.41, 5.74) is 5.39. The first kappa shape index (κ1) is 45.6. The van der Waals surface area contributed by atoms with Gasteiger partial charge in [-0.2, -0.15) is 18.3 Å². The van der Waals surface area contributed by atoms with Crippen LogP contribution in [0.25, 0.3) is 33.2 Å². The van der Waals surface area contributed by atoms with Gasteiger partial charge in [-0.3, -0.25) is 9.36 Å². The molecule has 6 aromatic rings. The van der Waals surface area contributed by atoms with Crippen molar-refractivity contribution in [3.63, 3.8) is 0 Å². The average molecular weight is 848 g/mol. The van der Waals surface area contributed by atoms with Gasteiger partial charge in [-0.1, -0.05) is 42.0 Å². The number of nitrogens with two attached hydrogens (primary N) is 1. The summed E-state index contributed by atoms with van der Waals surface area (Å²) in [6.45, 7) is 1.46. The predicted molar refractivity (Wildman–Crippen MR) is 216 cm³/mol. The molecule has 0 spiro atoms. The summed E-state index contributed by atoms with van der Waals surface area (Å²) < 4.78 is 79.4. The van der Waals surface area contributed by atoms with E-state index in [0.717, 1.165) is 22.8 Å². The van der Waals surface area contributed by atoms with E-state index < -0.39 is 29.7 Å². The Labute approximate surface area is 346 Å². The molecule has 0 saturated heterocycles. The Morgan fingerprint density at radius 3 is 2.23 bits per heavy atom. The highest BCUT2D eigenvalue weighted by molar-refractivity contribution is 5.98. The highest BCUT2D eigenvalue weighted by atomic mass is 19.4. The maximum atomic E-state index is 14.3. The number of nitrogens with zero attached hydrogens (tertiary/aromatic N) is 6. The number of alkyl halides is 3. The Kier molecular flexibility index (Phi) is 16.6. The Bertz CT molecular complexity index is 2560. The quantitative estimate of drug-likeness (QED) is 0.0588. The van der Waals surface area contributed by atoms with Gasteiger partial charge in [-0.05, 0) is 35.9 Å². The normalized spacial score (nSPS) is 11.2. The highest BCUT2D eigenvalue weighted by Crippen LogP contribution is 2.34. The van der Waals surface area contributed by atoms with Crippen molar-refractivity contribution in [1.82, 2.24) is 29.3 Å². The molecule has 0 bridgehead atoms. The molecule has 19 heteroatoms. The molecule has 3 aromatic carbocycles. The molecule has 0 amide bonds. The van der Waals surface area contributed by atoms with Gasteiger partial charge >= 0.3 is 6.18 Å². The molecule has 0 radical (unpaired) electrons. The summed E-state index contributed by atoms with van der Waals surface area (Å²) >= 11 is 0. The average Bonchev–Trinajstić information content (AvgIpc) is 3.60. The van der Waals surface area contributed by atoms with E-state index in [2.05, 4.69) is 32.8 Å². The summed E-state index contributed by atoms with van der Waals surface area (Å²) in [4.78, 5) is 27.4. The summed E-state index contributed by atoms with van der Waals surface area (Å²) in [6.07, 6.45) is 1.39. The molecule has 0 atom stereocenters. The Balaban J connectivity index is 0.000000626. The fourth-order valence-corrected chi connectivity index (χ4v) is 5.94. The van der Waals surface area contributed by atoms with Gasteiger partial charge < -0.3 is 40.0 Å². The number of aromatic hydroxyl groups is 1. The van der Waals surface area contributed by atoms with E-state index in [9.17, 15) is 27.5 Å². The van der Waals surface area contributed by atoms with E-state index in [-0.39, 0.29) is 108 Å². The van der Waals surface area contributed by atoms with Crippen LogP contribution >= 0.6 is 0 Å². The van der Waals surface area contributed by atoms with Gasteiger partial charge in [0.25, 0.3) is 5.56 Å². The SMILES string of the molecule is C#CCOCCOCCO.Nc1ncnc2c1c(-c1cc(O)cc(F)c1)nn2Cc1nc2cccc(C#CCOCCOCCO)c2c(=O)n1Cc1ccccc1C(F)(F)F. The topological polar surface area (TPSA) is 202 Å². The molecule has 0 fully saturated rings. The van der Waals surface area contributed by atoms with Crippen LogP contribution in [0.1, 0.15) is 22.5 Å². The smallest absolute Gasteiger partial charge is 0.416 e. The number of hydrogen-bond acceptors (Lipinski definition) is 13. The van der Waals surface area contributed by atoms with Gasteiger partial charge in [-0.25, -0.2) is 24.0 Å². The fraction of sp³-hybridized carbons (Fsp3) is 0.310. The number of fused-ring (bicyclic) bond motifs is 2. The lowest BCUT2D eigenvalue weighted by molar-refractivity contribution is -0.138. The summed E-state index contributed by atoms with van der Waals surface area (Å²) in [5, 5.41) is 32.0. The zero-order valence-corrected chi connectivity index (χ0v) is 32.6. The van der Waals surface area contributed by atoms with Crippen LogP contribution in [0.15, 0.2) is 71.8 Å². The monoisotopic (exact) mass is 847 g/mol. The van der Waals surface area contributed by atoms with Crippen molar-refractivity contribution in [2.24, 2.45) is 0 Å². The van der Waals surface area contributed by atoms with Crippen molar-refractivity contribution in [2.75, 3.05) is 71.8 Å². The van der Waals surface area contributed by atoms with Crippen molar-refractivity contribution in [3.8, 4) is 41.2 Å². The zero-order valence-electron chi connectivity index (χ0n) is 32.6. The van der Waals surface area contributed by atoms with Gasteiger partial charge in [0.2, 0.25) is 0 Å². The number of aromatic nitrogens is 6. The van der Waals surface area contributed by atoms with E-state index in [0.29, 0.717) is 26.4 Å². The van der Waals surface area contributed by atoms with Crippen LogP contribution in [-0.4, -0.2) is 111 Å². The summed E-state index contributed by atoms with van der Waals surface area (Å²) in [7, 11) is 0. The van der Waals surface area contributed by atoms with Gasteiger partial charge in [-0.15, -0.1) is 6.42 Å². The number of hydrogen-bond donors (Lipinski definition) is 4. The van der Waals surface area contributed by atoms with Crippen LogP contribution < -0.4 is 11.3 Å². The lowest BCUT2D eigenvalue weighted by Crippen LogP contribution is -2.29. The third-order valence-electron chi connectivity index (χ3n) is 8.52. The van der Waals surface area contributed by atoms with Crippen LogP contribution in [-0.2, 0) is 38.2 Å². The Morgan fingerprint density at radius 2 is 1.54 bits per heavy atom. The van der Waals surface area contributed by atoms with E-state index in [1.54, 1.807) is 18.2 Å². The molecule has 3 aromatic heterocycles. The number of ether oxygens (including phenoxy) is 4. The number of aliphatic hydroxyl groups is 2. The molecule has 15 nitrogen and oxygen atoms in total. The number of anilines is 1. The number of phenolic OH excluding ortho intramolecular Hbond substituents is 1. The van der Waals surface area contributed by atoms with Crippen molar-refractivity contribution in [1.29, 1.82) is 0 Å². The number of benzene rings is 3. The lowest BCUT2D eigenvalue weighted by atomic mass is 10.1. The fourth-order valence-electron chi connectivity index (χ4n) is 5.94. The number of nitrogen functional groups attached to an aromatic ring is 1. The van der Waals surface area contributed by atoms with Crippen LogP contribution in [0.2, 0.25) is 0 Å². The molecule has 6 rings (SSSR count). The first-order valence-corrected chi connectivity index (χ1v) is 18.6.